The first kappa shape index (κ1) is 19.8. The highest BCUT2D eigenvalue weighted by Crippen LogP contribution is 2.34. The number of nitro groups is 1. The minimum Gasteiger partial charge on any atom is -0.469 e. The fourth-order valence-electron chi connectivity index (χ4n) is 2.46. The third-order valence-corrected chi connectivity index (χ3v) is 5.28. The van der Waals surface area contributed by atoms with E-state index in [1.165, 1.54) is 24.1 Å². The second kappa shape index (κ2) is 8.36. The van der Waals surface area contributed by atoms with E-state index in [0.717, 1.165) is 11.8 Å². The van der Waals surface area contributed by atoms with Gasteiger partial charge in [-0.1, -0.05) is 24.0 Å². The summed E-state index contributed by atoms with van der Waals surface area (Å²) < 4.78 is 10.7. The number of methoxy groups -OCH3 is 1. The average Bonchev–Trinajstić information content (AvgIpc) is 3.25. The molecule has 0 bridgehead atoms. The lowest BCUT2D eigenvalue weighted by atomic mass is 10.1. The zero-order valence-electron chi connectivity index (χ0n) is 14.6. The van der Waals surface area contributed by atoms with Gasteiger partial charge in [-0.15, -0.1) is 0 Å². The van der Waals surface area contributed by atoms with Crippen LogP contribution < -0.4 is 0 Å². The summed E-state index contributed by atoms with van der Waals surface area (Å²) >= 11 is 6.33. The molecule has 8 nitrogen and oxygen atoms in total. The molecule has 1 amide bonds. The molecule has 1 fully saturated rings. The molecular weight excluding hydrogens is 404 g/mol. The van der Waals surface area contributed by atoms with Gasteiger partial charge in [0.15, 0.2) is 0 Å². The highest BCUT2D eigenvalue weighted by atomic mass is 32.2. The maximum absolute atomic E-state index is 12.5. The van der Waals surface area contributed by atoms with Gasteiger partial charge in [-0.05, 0) is 24.3 Å². The smallest absolute Gasteiger partial charge is 0.307 e. The number of carbonyl (C=O) groups is 2. The molecule has 144 valence electrons. The van der Waals surface area contributed by atoms with Gasteiger partial charge in [-0.3, -0.25) is 24.6 Å². The van der Waals surface area contributed by atoms with Crippen LogP contribution in [0.1, 0.15) is 12.2 Å². The van der Waals surface area contributed by atoms with E-state index < -0.39 is 10.9 Å². The van der Waals surface area contributed by atoms with Gasteiger partial charge < -0.3 is 9.15 Å². The van der Waals surface area contributed by atoms with Crippen LogP contribution in [0.3, 0.4) is 0 Å². The second-order valence-electron chi connectivity index (χ2n) is 5.67. The van der Waals surface area contributed by atoms with E-state index in [0.29, 0.717) is 26.3 Å². The molecule has 0 unspecified atom stereocenters. The fourth-order valence-corrected chi connectivity index (χ4v) is 3.75. The van der Waals surface area contributed by atoms with Crippen molar-refractivity contribution in [2.24, 2.45) is 0 Å². The zero-order valence-corrected chi connectivity index (χ0v) is 16.2. The summed E-state index contributed by atoms with van der Waals surface area (Å²) in [7, 11) is 1.28. The molecule has 1 saturated heterocycles. The van der Waals surface area contributed by atoms with Gasteiger partial charge in [0.25, 0.3) is 11.6 Å². The molecule has 1 aliphatic heterocycles. The van der Waals surface area contributed by atoms with E-state index in [9.17, 15) is 19.7 Å². The Morgan fingerprint density at radius 2 is 2.04 bits per heavy atom. The second-order valence-corrected chi connectivity index (χ2v) is 7.34. The Hall–Kier alpha value is -2.98. The van der Waals surface area contributed by atoms with E-state index in [2.05, 4.69) is 4.74 Å². The molecule has 1 aliphatic rings. The van der Waals surface area contributed by atoms with E-state index in [1.54, 1.807) is 30.3 Å². The molecule has 0 radical (unpaired) electrons. The minimum atomic E-state index is -0.473. The first-order valence-electron chi connectivity index (χ1n) is 8.06. The average molecular weight is 418 g/mol. The molecule has 0 saturated carbocycles. The van der Waals surface area contributed by atoms with Crippen LogP contribution in [0.4, 0.5) is 5.69 Å². The van der Waals surface area contributed by atoms with Gasteiger partial charge in [0, 0.05) is 30.3 Å². The highest BCUT2D eigenvalue weighted by Gasteiger charge is 2.32. The van der Waals surface area contributed by atoms with Gasteiger partial charge in [0.2, 0.25) is 0 Å². The Bertz CT molecular complexity index is 980. The van der Waals surface area contributed by atoms with Crippen LogP contribution in [0, 0.1) is 10.1 Å². The molecule has 0 aliphatic carbocycles. The Kier molecular flexibility index (Phi) is 5.90. The van der Waals surface area contributed by atoms with Crippen LogP contribution in [-0.2, 0) is 14.3 Å². The van der Waals surface area contributed by atoms with Crippen LogP contribution in [0.15, 0.2) is 45.7 Å². The van der Waals surface area contributed by atoms with Crippen molar-refractivity contribution < 1.29 is 23.7 Å². The van der Waals surface area contributed by atoms with E-state index in [-0.39, 0.29) is 24.6 Å². The number of hydrogen-bond acceptors (Lipinski definition) is 8. The molecule has 0 atom stereocenters. The van der Waals surface area contributed by atoms with E-state index >= 15 is 0 Å². The molecule has 1 aromatic carbocycles. The molecule has 0 N–H and O–H groups in total. The normalized spacial score (nSPS) is 15.3. The standard InChI is InChI=1S/C18H14N2O6S2/c1-25-16(21)8-9-19-17(22)15(28-18(19)27)10-13-6-7-14(26-13)11-2-4-12(5-3-11)20(23)24/h2-7,10H,8-9H2,1H3/b15-10+. The van der Waals surface area contributed by atoms with Crippen molar-refractivity contribution in [2.45, 2.75) is 6.42 Å². The summed E-state index contributed by atoms with van der Waals surface area (Å²) in [5.74, 6) is 0.244. The third kappa shape index (κ3) is 4.29. The Morgan fingerprint density at radius 1 is 1.32 bits per heavy atom. The number of hydrogen-bond donors (Lipinski definition) is 0. The largest absolute Gasteiger partial charge is 0.469 e. The van der Waals surface area contributed by atoms with Gasteiger partial charge in [-0.2, -0.15) is 0 Å². The maximum Gasteiger partial charge on any atom is 0.307 e. The molecule has 2 aromatic rings. The Balaban J connectivity index is 1.74. The van der Waals surface area contributed by atoms with Crippen molar-refractivity contribution in [3.63, 3.8) is 0 Å². The molecule has 28 heavy (non-hydrogen) atoms. The number of furan rings is 1. The number of amides is 1. The van der Waals surface area contributed by atoms with E-state index in [4.69, 9.17) is 16.6 Å². The topological polar surface area (TPSA) is 103 Å². The lowest BCUT2D eigenvalue weighted by Crippen LogP contribution is -2.30. The van der Waals surface area contributed by atoms with Crippen molar-refractivity contribution in [1.82, 2.24) is 4.90 Å². The molecule has 0 spiro atoms. The van der Waals surface area contributed by atoms with Gasteiger partial charge in [0.05, 0.1) is 23.4 Å². The molecule has 3 rings (SSSR count). The molecule has 10 heteroatoms. The number of non-ortho nitro benzene ring substituents is 1. The summed E-state index contributed by atoms with van der Waals surface area (Å²) in [5.41, 5.74) is 0.669. The summed E-state index contributed by atoms with van der Waals surface area (Å²) in [6.07, 6.45) is 1.63. The predicted octanol–water partition coefficient (Wildman–Crippen LogP) is 3.62. The van der Waals surface area contributed by atoms with Crippen LogP contribution in [0.2, 0.25) is 0 Å². The number of rotatable bonds is 6. The monoisotopic (exact) mass is 418 g/mol. The SMILES string of the molecule is COC(=O)CCN1C(=O)/C(=C\c2ccc(-c3ccc([N+](=O)[O-])cc3)o2)SC1=S. The van der Waals surface area contributed by atoms with Crippen LogP contribution in [0.5, 0.6) is 0 Å². The van der Waals surface area contributed by atoms with Crippen molar-refractivity contribution in [3.05, 3.63) is 57.2 Å². The summed E-state index contributed by atoms with van der Waals surface area (Å²) in [6.45, 7) is 0.154. The van der Waals surface area contributed by atoms with Gasteiger partial charge in [0.1, 0.15) is 15.8 Å². The number of esters is 1. The van der Waals surface area contributed by atoms with Crippen molar-refractivity contribution in [3.8, 4) is 11.3 Å². The highest BCUT2D eigenvalue weighted by molar-refractivity contribution is 8.26. The fraction of sp³-hybridized carbons (Fsp3) is 0.167. The Labute approximate surface area is 169 Å². The minimum absolute atomic E-state index is 0.00819. The molecular formula is C18H14N2O6S2. The lowest BCUT2D eigenvalue weighted by molar-refractivity contribution is -0.384. The number of thioether (sulfide) groups is 1. The molecule has 2 heterocycles. The summed E-state index contributed by atoms with van der Waals surface area (Å²) in [4.78, 5) is 35.8. The van der Waals surface area contributed by atoms with Crippen LogP contribution in [0.25, 0.3) is 17.4 Å². The number of thiocarbonyl (C=S) groups is 1. The molecule has 1 aromatic heterocycles. The van der Waals surface area contributed by atoms with Crippen molar-refractivity contribution in [2.75, 3.05) is 13.7 Å². The number of benzene rings is 1. The Morgan fingerprint density at radius 3 is 2.68 bits per heavy atom. The van der Waals surface area contributed by atoms with Crippen LogP contribution in [-0.4, -0.2) is 39.7 Å². The quantitative estimate of drug-likeness (QED) is 0.230. The summed E-state index contributed by atoms with van der Waals surface area (Å²) in [5, 5.41) is 10.7. The zero-order chi connectivity index (χ0) is 20.3. The first-order chi connectivity index (χ1) is 13.4. The maximum atomic E-state index is 12.5. The van der Waals surface area contributed by atoms with E-state index in [1.807, 2.05) is 0 Å². The number of nitrogens with zero attached hydrogens (tertiary/aromatic N) is 2. The predicted molar refractivity (Wildman–Crippen MR) is 107 cm³/mol. The first-order valence-corrected chi connectivity index (χ1v) is 9.28. The van der Waals surface area contributed by atoms with Crippen molar-refractivity contribution in [1.29, 1.82) is 0 Å². The third-order valence-electron chi connectivity index (χ3n) is 3.90. The van der Waals surface area contributed by atoms with Gasteiger partial charge in [-0.25, -0.2) is 0 Å². The lowest BCUT2D eigenvalue weighted by Gasteiger charge is -2.12. The number of carbonyl (C=O) groups excluding carboxylic acids is 2. The summed E-state index contributed by atoms with van der Waals surface area (Å²) in [6, 6.07) is 9.37. The van der Waals surface area contributed by atoms with Crippen LogP contribution >= 0.6 is 24.0 Å². The number of nitro benzene ring substituents is 1. The van der Waals surface area contributed by atoms with Crippen molar-refractivity contribution >= 4 is 51.9 Å². The number of ether oxygens (including phenoxy) is 1. The van der Waals surface area contributed by atoms with Gasteiger partial charge >= 0.3 is 5.97 Å².